The van der Waals surface area contributed by atoms with Gasteiger partial charge < -0.3 is 24.8 Å². The quantitative estimate of drug-likeness (QED) is 0.199. The Morgan fingerprint density at radius 1 is 0.900 bits per heavy atom. The number of nitrogens with one attached hydrogen (secondary N) is 2. The van der Waals surface area contributed by atoms with E-state index in [9.17, 15) is 9.59 Å². The number of carbonyl (C=O) groups excluding carboxylic acids is 2. The summed E-state index contributed by atoms with van der Waals surface area (Å²) >= 11 is 0. The van der Waals surface area contributed by atoms with Gasteiger partial charge in [0.15, 0.2) is 0 Å². The minimum atomic E-state index is -0.280. The van der Waals surface area contributed by atoms with Crippen LogP contribution in [0.4, 0.5) is 10.5 Å². The molecule has 0 aliphatic heterocycles. The molecule has 4 rings (SSSR count). The molecule has 7 nitrogen and oxygen atoms in total. The van der Waals surface area contributed by atoms with Crippen molar-refractivity contribution >= 4 is 28.5 Å². The lowest BCUT2D eigenvalue weighted by Gasteiger charge is -2.28. The number of ether oxygens (including phenoxy) is 1. The maximum absolute atomic E-state index is 13.8. The predicted octanol–water partition coefficient (Wildman–Crippen LogP) is 6.18. The predicted molar refractivity (Wildman–Crippen MR) is 162 cm³/mol. The number of hydrogen-bond donors (Lipinski definition) is 2. The summed E-state index contributed by atoms with van der Waals surface area (Å²) < 4.78 is 5.23. The van der Waals surface area contributed by atoms with Gasteiger partial charge in [-0.05, 0) is 55.0 Å². The van der Waals surface area contributed by atoms with Gasteiger partial charge in [-0.1, -0.05) is 73.2 Å². The molecule has 0 fully saturated rings. The van der Waals surface area contributed by atoms with Gasteiger partial charge in [0, 0.05) is 56.1 Å². The van der Waals surface area contributed by atoms with Crippen molar-refractivity contribution in [2.75, 3.05) is 38.7 Å². The number of methoxy groups -OCH3 is 1. The minimum absolute atomic E-state index is 0.0103. The number of fused-ring (bicyclic) bond motifs is 1. The molecule has 1 aromatic heterocycles. The molecule has 0 unspecified atom stereocenters. The summed E-state index contributed by atoms with van der Waals surface area (Å²) in [5, 5.41) is 4.20. The first-order chi connectivity index (χ1) is 19.5. The van der Waals surface area contributed by atoms with Crippen molar-refractivity contribution in [3.63, 3.8) is 0 Å². The van der Waals surface area contributed by atoms with E-state index in [-0.39, 0.29) is 18.5 Å². The summed E-state index contributed by atoms with van der Waals surface area (Å²) in [5.74, 6) is -0.0863. The maximum atomic E-state index is 13.8. The lowest BCUT2D eigenvalue weighted by molar-refractivity contribution is -0.132. The fraction of sp³-hybridized carbons (Fsp3) is 0.333. The first kappa shape index (κ1) is 28.9. The van der Waals surface area contributed by atoms with E-state index in [1.807, 2.05) is 47.5 Å². The van der Waals surface area contributed by atoms with E-state index in [1.54, 1.807) is 12.0 Å². The number of aryl methyl sites for hydroxylation is 2. The molecular weight excluding hydrogens is 500 g/mol. The number of carbonyl (C=O) groups is 2. The Bertz CT molecular complexity index is 1400. The molecule has 210 valence electrons. The normalized spacial score (nSPS) is 11.0. The minimum Gasteiger partial charge on any atom is -0.385 e. The second-order valence-corrected chi connectivity index (χ2v) is 10.1. The summed E-state index contributed by atoms with van der Waals surface area (Å²) in [4.78, 5) is 34.0. The zero-order valence-corrected chi connectivity index (χ0v) is 23.8. The van der Waals surface area contributed by atoms with Crippen molar-refractivity contribution in [1.82, 2.24) is 14.8 Å². The van der Waals surface area contributed by atoms with Crippen LogP contribution in [-0.4, -0.2) is 60.1 Å². The molecule has 0 bridgehead atoms. The van der Waals surface area contributed by atoms with Crippen molar-refractivity contribution < 1.29 is 14.3 Å². The van der Waals surface area contributed by atoms with Crippen LogP contribution in [0.5, 0.6) is 0 Å². The van der Waals surface area contributed by atoms with E-state index in [4.69, 9.17) is 4.74 Å². The number of benzene rings is 3. The molecule has 2 N–H and O–H groups in total. The molecule has 1 heterocycles. The summed E-state index contributed by atoms with van der Waals surface area (Å²) in [5.41, 5.74) is 6.32. The smallest absolute Gasteiger partial charge is 0.322 e. The highest BCUT2D eigenvalue weighted by Crippen LogP contribution is 2.20. The standard InChI is InChI=1S/C33H40N4O3/c1-4-27-10-5-7-12-30(27)35-33(39)37(19-9-21-40-3)24-32(38)36(23-26-16-14-25(2)15-17-26)20-18-28-22-34-31-13-8-6-11-29(28)31/h5-8,10-17,22,34H,4,9,18-21,23-24H2,1-3H3,(H,35,39). The van der Waals surface area contributed by atoms with Crippen LogP contribution in [0.1, 0.15) is 35.6 Å². The molecule has 0 saturated heterocycles. The lowest BCUT2D eigenvalue weighted by atomic mass is 10.1. The number of nitrogens with zero attached hydrogens (tertiary/aromatic N) is 2. The summed E-state index contributed by atoms with van der Waals surface area (Å²) in [7, 11) is 1.64. The van der Waals surface area contributed by atoms with E-state index < -0.39 is 0 Å². The highest BCUT2D eigenvalue weighted by molar-refractivity contribution is 5.93. The van der Waals surface area contributed by atoms with Crippen LogP contribution in [-0.2, 0) is 28.9 Å². The van der Waals surface area contributed by atoms with Crippen molar-refractivity contribution in [2.24, 2.45) is 0 Å². The van der Waals surface area contributed by atoms with Crippen molar-refractivity contribution in [3.8, 4) is 0 Å². The Kier molecular flexibility index (Phi) is 10.4. The van der Waals surface area contributed by atoms with Crippen LogP contribution in [0.3, 0.4) is 0 Å². The number of aromatic nitrogens is 1. The summed E-state index contributed by atoms with van der Waals surface area (Å²) in [6.45, 7) is 6.05. The topological polar surface area (TPSA) is 77.7 Å². The van der Waals surface area contributed by atoms with Crippen LogP contribution in [0.25, 0.3) is 10.9 Å². The number of urea groups is 1. The molecular formula is C33H40N4O3. The number of aromatic amines is 1. The van der Waals surface area contributed by atoms with Gasteiger partial charge in [0.25, 0.3) is 0 Å². The van der Waals surface area contributed by atoms with E-state index >= 15 is 0 Å². The van der Waals surface area contributed by atoms with Gasteiger partial charge in [-0.2, -0.15) is 0 Å². The Morgan fingerprint density at radius 2 is 1.65 bits per heavy atom. The molecule has 0 saturated carbocycles. The van der Waals surface area contributed by atoms with Gasteiger partial charge in [-0.15, -0.1) is 0 Å². The maximum Gasteiger partial charge on any atom is 0.322 e. The molecule has 4 aromatic rings. The molecule has 0 atom stereocenters. The fourth-order valence-corrected chi connectivity index (χ4v) is 4.86. The number of para-hydroxylation sites is 2. The Hall–Kier alpha value is -4.10. The first-order valence-electron chi connectivity index (χ1n) is 14.0. The third kappa shape index (κ3) is 7.73. The summed E-state index contributed by atoms with van der Waals surface area (Å²) in [6, 6.07) is 23.9. The van der Waals surface area contributed by atoms with Gasteiger partial charge in [0.2, 0.25) is 5.91 Å². The van der Waals surface area contributed by atoms with Crippen LogP contribution >= 0.6 is 0 Å². The van der Waals surface area contributed by atoms with Crippen molar-refractivity contribution in [3.05, 3.63) is 101 Å². The van der Waals surface area contributed by atoms with Crippen LogP contribution in [0, 0.1) is 6.92 Å². The number of H-pyrrole nitrogens is 1. The van der Waals surface area contributed by atoms with Crippen LogP contribution < -0.4 is 5.32 Å². The van der Waals surface area contributed by atoms with Crippen molar-refractivity contribution in [1.29, 1.82) is 0 Å². The van der Waals surface area contributed by atoms with E-state index in [0.717, 1.165) is 28.8 Å². The Balaban J connectivity index is 1.52. The highest BCUT2D eigenvalue weighted by atomic mass is 16.5. The second kappa shape index (κ2) is 14.3. The lowest BCUT2D eigenvalue weighted by Crippen LogP contribution is -2.45. The number of rotatable bonds is 13. The average molecular weight is 541 g/mol. The molecule has 7 heteroatoms. The van der Waals surface area contributed by atoms with Crippen LogP contribution in [0.15, 0.2) is 79.0 Å². The SMILES string of the molecule is CCc1ccccc1NC(=O)N(CCCOC)CC(=O)N(CCc1c[nH]c2ccccc12)Cc1ccc(C)cc1. The van der Waals surface area contributed by atoms with Gasteiger partial charge in [0.05, 0.1) is 0 Å². The van der Waals surface area contributed by atoms with Gasteiger partial charge >= 0.3 is 6.03 Å². The number of amides is 3. The molecule has 40 heavy (non-hydrogen) atoms. The van der Waals surface area contributed by atoms with Gasteiger partial charge in [-0.25, -0.2) is 4.79 Å². The van der Waals surface area contributed by atoms with Gasteiger partial charge in [0.1, 0.15) is 6.54 Å². The third-order valence-corrected chi connectivity index (χ3v) is 7.20. The van der Waals surface area contributed by atoms with E-state index in [2.05, 4.69) is 60.5 Å². The first-order valence-corrected chi connectivity index (χ1v) is 14.0. The molecule has 3 amide bonds. The zero-order chi connectivity index (χ0) is 28.3. The number of hydrogen-bond acceptors (Lipinski definition) is 3. The number of anilines is 1. The highest BCUT2D eigenvalue weighted by Gasteiger charge is 2.22. The van der Waals surface area contributed by atoms with E-state index in [0.29, 0.717) is 39.1 Å². The Labute approximate surface area is 237 Å². The fourth-order valence-electron chi connectivity index (χ4n) is 4.86. The average Bonchev–Trinajstić information content (AvgIpc) is 3.39. The molecule has 0 aliphatic rings. The molecule has 3 aromatic carbocycles. The third-order valence-electron chi connectivity index (χ3n) is 7.20. The van der Waals surface area contributed by atoms with Crippen molar-refractivity contribution in [2.45, 2.75) is 39.7 Å². The largest absolute Gasteiger partial charge is 0.385 e. The summed E-state index contributed by atoms with van der Waals surface area (Å²) in [6.07, 6.45) is 4.17. The molecule has 0 aliphatic carbocycles. The monoisotopic (exact) mass is 540 g/mol. The van der Waals surface area contributed by atoms with Gasteiger partial charge in [-0.3, -0.25) is 4.79 Å². The van der Waals surface area contributed by atoms with E-state index in [1.165, 1.54) is 16.5 Å². The van der Waals surface area contributed by atoms with Crippen LogP contribution in [0.2, 0.25) is 0 Å². The molecule has 0 radical (unpaired) electrons. The zero-order valence-electron chi connectivity index (χ0n) is 23.8. The Morgan fingerprint density at radius 3 is 2.42 bits per heavy atom. The molecule has 0 spiro atoms. The second-order valence-electron chi connectivity index (χ2n) is 10.1.